The fraction of sp³-hybridized carbons (Fsp3) is 0.182. The zero-order chi connectivity index (χ0) is 22.7. The Morgan fingerprint density at radius 1 is 1.06 bits per heavy atom. The highest BCUT2D eigenvalue weighted by atomic mass is 32.2. The van der Waals surface area contributed by atoms with Crippen molar-refractivity contribution in [1.82, 2.24) is 24.5 Å². The second-order valence-electron chi connectivity index (χ2n) is 6.96. The molecule has 0 radical (unpaired) electrons. The van der Waals surface area contributed by atoms with Crippen LogP contribution in [0.3, 0.4) is 0 Å². The lowest BCUT2D eigenvalue weighted by Gasteiger charge is -2.10. The van der Waals surface area contributed by atoms with Crippen molar-refractivity contribution < 1.29 is 13.9 Å². The van der Waals surface area contributed by atoms with Gasteiger partial charge in [0.15, 0.2) is 5.16 Å². The van der Waals surface area contributed by atoms with Gasteiger partial charge >= 0.3 is 0 Å². The molecule has 0 atom stereocenters. The number of aromatic nitrogens is 5. The van der Waals surface area contributed by atoms with Crippen LogP contribution in [0.5, 0.6) is 5.75 Å². The number of benzene rings is 2. The van der Waals surface area contributed by atoms with Crippen molar-refractivity contribution in [2.75, 3.05) is 18.2 Å². The maximum atomic E-state index is 13.3. The van der Waals surface area contributed by atoms with Crippen LogP contribution in [0.2, 0.25) is 0 Å². The van der Waals surface area contributed by atoms with Crippen LogP contribution in [0, 0.1) is 19.7 Å². The van der Waals surface area contributed by atoms with Gasteiger partial charge in [-0.15, -0.1) is 10.2 Å². The van der Waals surface area contributed by atoms with Crippen LogP contribution in [-0.2, 0) is 4.79 Å². The monoisotopic (exact) mass is 452 g/mol. The van der Waals surface area contributed by atoms with Gasteiger partial charge in [0, 0.05) is 11.8 Å². The summed E-state index contributed by atoms with van der Waals surface area (Å²) in [4.78, 5) is 12.7. The first-order chi connectivity index (χ1) is 15.4. The number of anilines is 1. The molecule has 0 aliphatic rings. The summed E-state index contributed by atoms with van der Waals surface area (Å²) < 4.78 is 21.9. The van der Waals surface area contributed by atoms with Crippen molar-refractivity contribution in [2.24, 2.45) is 0 Å². The summed E-state index contributed by atoms with van der Waals surface area (Å²) in [6, 6.07) is 15.2. The molecule has 0 fully saturated rings. The summed E-state index contributed by atoms with van der Waals surface area (Å²) in [5, 5.41) is 16.2. The smallest absolute Gasteiger partial charge is 0.236 e. The van der Waals surface area contributed by atoms with Crippen LogP contribution in [0.15, 0.2) is 59.8 Å². The van der Waals surface area contributed by atoms with Crippen LogP contribution in [0.4, 0.5) is 10.2 Å². The lowest BCUT2D eigenvalue weighted by atomic mass is 10.3. The van der Waals surface area contributed by atoms with E-state index < -0.39 is 0 Å². The number of nitrogens with one attached hydrogen (secondary N) is 1. The number of carbonyl (C=O) groups excluding carboxylic acids is 1. The minimum Gasteiger partial charge on any atom is -0.497 e. The molecule has 0 aliphatic carbocycles. The van der Waals surface area contributed by atoms with Crippen molar-refractivity contribution in [3.05, 3.63) is 71.9 Å². The van der Waals surface area contributed by atoms with E-state index in [1.54, 1.807) is 30.0 Å². The SMILES string of the molecule is COc1ccc(-n2c(C)nnc2SCC(=O)Nc2cc(C)nn2-c2ccc(F)cc2)cc1. The van der Waals surface area contributed by atoms with Crippen LogP contribution in [0.1, 0.15) is 11.5 Å². The largest absolute Gasteiger partial charge is 0.497 e. The standard InChI is InChI=1S/C22H21FN6O2S/c1-14-12-20(29(27-14)18-6-4-16(23)5-7-18)24-21(30)13-32-22-26-25-15(2)28(22)17-8-10-19(31-3)11-9-17/h4-12H,13H2,1-3H3,(H,24,30). The van der Waals surface area contributed by atoms with Crippen LogP contribution < -0.4 is 10.1 Å². The number of nitrogens with zero attached hydrogens (tertiary/aromatic N) is 5. The molecule has 0 unspecified atom stereocenters. The Morgan fingerprint density at radius 2 is 1.75 bits per heavy atom. The third-order valence-electron chi connectivity index (χ3n) is 4.63. The van der Waals surface area contributed by atoms with E-state index in [-0.39, 0.29) is 17.5 Å². The number of methoxy groups -OCH3 is 1. The number of hydrogen-bond donors (Lipinski definition) is 1. The van der Waals surface area contributed by atoms with Crippen LogP contribution >= 0.6 is 11.8 Å². The molecule has 1 amide bonds. The number of carbonyl (C=O) groups is 1. The number of ether oxygens (including phenoxy) is 1. The maximum absolute atomic E-state index is 13.3. The Hall–Kier alpha value is -3.66. The minimum atomic E-state index is -0.337. The first-order valence-electron chi connectivity index (χ1n) is 9.76. The van der Waals surface area contributed by atoms with Crippen LogP contribution in [0.25, 0.3) is 11.4 Å². The van der Waals surface area contributed by atoms with E-state index in [9.17, 15) is 9.18 Å². The molecule has 1 N–H and O–H groups in total. The maximum Gasteiger partial charge on any atom is 0.236 e. The molecule has 2 heterocycles. The molecule has 0 bridgehead atoms. The second-order valence-corrected chi connectivity index (χ2v) is 7.90. The van der Waals surface area contributed by atoms with Crippen molar-refractivity contribution in [3.63, 3.8) is 0 Å². The number of rotatable bonds is 7. The lowest BCUT2D eigenvalue weighted by molar-refractivity contribution is -0.113. The molecule has 0 saturated carbocycles. The molecule has 4 rings (SSSR count). The number of thioether (sulfide) groups is 1. The molecule has 0 spiro atoms. The number of amides is 1. The van der Waals surface area contributed by atoms with Crippen molar-refractivity contribution in [2.45, 2.75) is 19.0 Å². The Morgan fingerprint density at radius 3 is 2.44 bits per heavy atom. The molecular weight excluding hydrogens is 431 g/mol. The fourth-order valence-corrected chi connectivity index (χ4v) is 3.94. The summed E-state index contributed by atoms with van der Waals surface area (Å²) in [6.07, 6.45) is 0. The molecule has 4 aromatic rings. The van der Waals surface area contributed by atoms with Crippen molar-refractivity contribution >= 4 is 23.5 Å². The molecule has 164 valence electrons. The summed E-state index contributed by atoms with van der Waals surface area (Å²) in [5.74, 6) is 1.54. The van der Waals surface area contributed by atoms with Gasteiger partial charge in [0.2, 0.25) is 5.91 Å². The molecule has 32 heavy (non-hydrogen) atoms. The van der Waals surface area contributed by atoms with E-state index in [0.717, 1.165) is 17.1 Å². The van der Waals surface area contributed by atoms with E-state index in [1.807, 2.05) is 42.7 Å². The average Bonchev–Trinajstić information content (AvgIpc) is 3.34. The van der Waals surface area contributed by atoms with Gasteiger partial charge < -0.3 is 10.1 Å². The van der Waals surface area contributed by atoms with Crippen molar-refractivity contribution in [3.8, 4) is 17.1 Å². The number of halogens is 1. The van der Waals surface area contributed by atoms with Gasteiger partial charge in [-0.1, -0.05) is 11.8 Å². The second kappa shape index (κ2) is 9.23. The lowest BCUT2D eigenvalue weighted by Crippen LogP contribution is -2.17. The summed E-state index contributed by atoms with van der Waals surface area (Å²) in [7, 11) is 1.61. The summed E-state index contributed by atoms with van der Waals surface area (Å²) >= 11 is 1.28. The van der Waals surface area contributed by atoms with Gasteiger partial charge in [0.25, 0.3) is 0 Å². The highest BCUT2D eigenvalue weighted by molar-refractivity contribution is 7.99. The van der Waals surface area contributed by atoms with Gasteiger partial charge in [-0.3, -0.25) is 9.36 Å². The minimum absolute atomic E-state index is 0.127. The summed E-state index contributed by atoms with van der Waals surface area (Å²) in [5.41, 5.74) is 2.26. The molecule has 2 aromatic carbocycles. The predicted molar refractivity (Wildman–Crippen MR) is 120 cm³/mol. The van der Waals surface area contributed by atoms with Gasteiger partial charge in [-0.25, -0.2) is 9.07 Å². The molecular formula is C22H21FN6O2S. The first kappa shape index (κ1) is 21.6. The Bertz CT molecular complexity index is 1230. The van der Waals surface area contributed by atoms with E-state index in [1.165, 1.54) is 23.9 Å². The predicted octanol–water partition coefficient (Wildman–Crippen LogP) is 3.95. The quantitative estimate of drug-likeness (QED) is 0.427. The third kappa shape index (κ3) is 4.65. The van der Waals surface area contributed by atoms with Gasteiger partial charge in [0.05, 0.1) is 24.2 Å². The fourth-order valence-electron chi connectivity index (χ4n) is 3.14. The summed E-state index contributed by atoms with van der Waals surface area (Å²) in [6.45, 7) is 3.68. The van der Waals surface area contributed by atoms with Gasteiger partial charge in [0.1, 0.15) is 23.2 Å². The number of aryl methyl sites for hydroxylation is 2. The van der Waals surface area contributed by atoms with Crippen LogP contribution in [-0.4, -0.2) is 43.3 Å². The normalized spacial score (nSPS) is 10.9. The Kier molecular flexibility index (Phi) is 6.22. The van der Waals surface area contributed by atoms with Gasteiger partial charge in [-0.05, 0) is 62.4 Å². The Balaban J connectivity index is 1.47. The highest BCUT2D eigenvalue weighted by Crippen LogP contribution is 2.24. The molecule has 8 nitrogen and oxygen atoms in total. The van der Waals surface area contributed by atoms with E-state index in [2.05, 4.69) is 20.6 Å². The third-order valence-corrected chi connectivity index (χ3v) is 5.56. The van der Waals surface area contributed by atoms with E-state index >= 15 is 0 Å². The number of hydrogen-bond acceptors (Lipinski definition) is 6. The van der Waals surface area contributed by atoms with E-state index in [4.69, 9.17) is 4.74 Å². The molecule has 0 saturated heterocycles. The van der Waals surface area contributed by atoms with Gasteiger partial charge in [-0.2, -0.15) is 5.10 Å². The average molecular weight is 453 g/mol. The zero-order valence-corrected chi connectivity index (χ0v) is 18.6. The molecule has 10 heteroatoms. The topological polar surface area (TPSA) is 86.9 Å². The molecule has 2 aromatic heterocycles. The van der Waals surface area contributed by atoms with E-state index in [0.29, 0.717) is 22.5 Å². The zero-order valence-electron chi connectivity index (χ0n) is 17.7. The van der Waals surface area contributed by atoms with Crippen molar-refractivity contribution in [1.29, 1.82) is 0 Å². The molecule has 0 aliphatic heterocycles. The Labute approximate surface area is 188 Å². The highest BCUT2D eigenvalue weighted by Gasteiger charge is 2.15. The first-order valence-corrected chi connectivity index (χ1v) is 10.7.